The van der Waals surface area contributed by atoms with Crippen LogP contribution in [0.4, 0.5) is 4.79 Å². The number of likely N-dealkylation sites (N-methyl/N-ethyl adjacent to an activating group) is 1. The SMILES string of the molecule is CCN(CC)CCNC(=O)NCC1CCCC1. The van der Waals surface area contributed by atoms with Crippen molar-refractivity contribution in [2.75, 3.05) is 32.7 Å². The quantitative estimate of drug-likeness (QED) is 0.714. The van der Waals surface area contributed by atoms with Crippen molar-refractivity contribution in [1.82, 2.24) is 15.5 Å². The highest BCUT2D eigenvalue weighted by atomic mass is 16.2. The molecule has 1 rings (SSSR count). The molecule has 0 aromatic carbocycles. The van der Waals surface area contributed by atoms with Gasteiger partial charge in [-0.15, -0.1) is 0 Å². The monoisotopic (exact) mass is 241 g/mol. The van der Waals surface area contributed by atoms with Gasteiger partial charge in [0.05, 0.1) is 0 Å². The maximum Gasteiger partial charge on any atom is 0.314 e. The molecule has 100 valence electrons. The fourth-order valence-corrected chi connectivity index (χ4v) is 2.38. The van der Waals surface area contributed by atoms with Gasteiger partial charge in [0.1, 0.15) is 0 Å². The summed E-state index contributed by atoms with van der Waals surface area (Å²) in [7, 11) is 0. The lowest BCUT2D eigenvalue weighted by molar-refractivity contribution is 0.235. The van der Waals surface area contributed by atoms with Crippen LogP contribution >= 0.6 is 0 Å². The van der Waals surface area contributed by atoms with Crippen LogP contribution < -0.4 is 10.6 Å². The van der Waals surface area contributed by atoms with Crippen LogP contribution in [0.5, 0.6) is 0 Å². The van der Waals surface area contributed by atoms with Gasteiger partial charge in [-0.1, -0.05) is 26.7 Å². The molecule has 0 aromatic rings. The Kier molecular flexibility index (Phi) is 7.01. The van der Waals surface area contributed by atoms with Gasteiger partial charge in [-0.05, 0) is 31.8 Å². The summed E-state index contributed by atoms with van der Waals surface area (Å²) in [4.78, 5) is 13.8. The first kappa shape index (κ1) is 14.3. The van der Waals surface area contributed by atoms with E-state index in [4.69, 9.17) is 0 Å². The lowest BCUT2D eigenvalue weighted by atomic mass is 10.1. The highest BCUT2D eigenvalue weighted by Gasteiger charge is 2.15. The first-order valence-electron chi connectivity index (χ1n) is 7.00. The fraction of sp³-hybridized carbons (Fsp3) is 0.923. The summed E-state index contributed by atoms with van der Waals surface area (Å²) >= 11 is 0. The van der Waals surface area contributed by atoms with Crippen molar-refractivity contribution in [3.05, 3.63) is 0 Å². The Morgan fingerprint density at radius 2 is 1.82 bits per heavy atom. The number of nitrogens with one attached hydrogen (secondary N) is 2. The van der Waals surface area contributed by atoms with Gasteiger partial charge < -0.3 is 15.5 Å². The molecule has 0 radical (unpaired) electrons. The maximum atomic E-state index is 11.5. The summed E-state index contributed by atoms with van der Waals surface area (Å²) in [6.45, 7) is 8.89. The molecular formula is C13H27N3O. The van der Waals surface area contributed by atoms with E-state index in [9.17, 15) is 4.79 Å². The van der Waals surface area contributed by atoms with E-state index in [0.29, 0.717) is 5.92 Å². The molecule has 0 bridgehead atoms. The molecule has 0 saturated heterocycles. The molecule has 4 heteroatoms. The predicted molar refractivity (Wildman–Crippen MR) is 71.1 cm³/mol. The van der Waals surface area contributed by atoms with Crippen LogP contribution in [0.15, 0.2) is 0 Å². The fourth-order valence-electron chi connectivity index (χ4n) is 2.38. The summed E-state index contributed by atoms with van der Waals surface area (Å²) < 4.78 is 0. The predicted octanol–water partition coefficient (Wildman–Crippen LogP) is 1.82. The molecule has 1 fully saturated rings. The molecule has 1 saturated carbocycles. The molecule has 17 heavy (non-hydrogen) atoms. The van der Waals surface area contributed by atoms with E-state index in [2.05, 4.69) is 29.4 Å². The molecular weight excluding hydrogens is 214 g/mol. The number of hydrogen-bond donors (Lipinski definition) is 2. The van der Waals surface area contributed by atoms with Gasteiger partial charge >= 0.3 is 6.03 Å². The normalized spacial score (nSPS) is 16.4. The van der Waals surface area contributed by atoms with Crippen LogP contribution in [0.25, 0.3) is 0 Å². The van der Waals surface area contributed by atoms with Gasteiger partial charge in [0.25, 0.3) is 0 Å². The summed E-state index contributed by atoms with van der Waals surface area (Å²) in [5.41, 5.74) is 0. The standard InChI is InChI=1S/C13H27N3O/c1-3-16(4-2)10-9-14-13(17)15-11-12-7-5-6-8-12/h12H,3-11H2,1-2H3,(H2,14,15,17). The van der Waals surface area contributed by atoms with E-state index in [1.54, 1.807) is 0 Å². The van der Waals surface area contributed by atoms with E-state index in [1.165, 1.54) is 25.7 Å². The van der Waals surface area contributed by atoms with E-state index in [1.807, 2.05) is 0 Å². The van der Waals surface area contributed by atoms with Crippen LogP contribution in [0.2, 0.25) is 0 Å². The Hall–Kier alpha value is -0.770. The second-order valence-electron chi connectivity index (χ2n) is 4.81. The number of nitrogens with zero attached hydrogens (tertiary/aromatic N) is 1. The van der Waals surface area contributed by atoms with E-state index in [-0.39, 0.29) is 6.03 Å². The van der Waals surface area contributed by atoms with E-state index in [0.717, 1.165) is 32.7 Å². The molecule has 2 N–H and O–H groups in total. The van der Waals surface area contributed by atoms with Crippen molar-refractivity contribution in [2.45, 2.75) is 39.5 Å². The lowest BCUT2D eigenvalue weighted by Crippen LogP contribution is -2.41. The molecule has 2 amide bonds. The number of carbonyl (C=O) groups is 1. The minimum Gasteiger partial charge on any atom is -0.338 e. The minimum atomic E-state index is -0.0101. The van der Waals surface area contributed by atoms with E-state index < -0.39 is 0 Å². The van der Waals surface area contributed by atoms with E-state index >= 15 is 0 Å². The minimum absolute atomic E-state index is 0.0101. The molecule has 0 aromatic heterocycles. The van der Waals surface area contributed by atoms with Crippen molar-refractivity contribution in [2.24, 2.45) is 5.92 Å². The molecule has 0 atom stereocenters. The van der Waals surface area contributed by atoms with Gasteiger partial charge in [-0.2, -0.15) is 0 Å². The van der Waals surface area contributed by atoms with Crippen LogP contribution in [0.1, 0.15) is 39.5 Å². The zero-order chi connectivity index (χ0) is 12.5. The molecule has 4 nitrogen and oxygen atoms in total. The smallest absolute Gasteiger partial charge is 0.314 e. The average molecular weight is 241 g/mol. The van der Waals surface area contributed by atoms with Crippen LogP contribution in [0.3, 0.4) is 0 Å². The number of hydrogen-bond acceptors (Lipinski definition) is 2. The second-order valence-corrected chi connectivity index (χ2v) is 4.81. The first-order valence-corrected chi connectivity index (χ1v) is 7.00. The average Bonchev–Trinajstić information content (AvgIpc) is 2.85. The Morgan fingerprint density at radius 3 is 2.41 bits per heavy atom. The third-order valence-corrected chi connectivity index (χ3v) is 3.63. The lowest BCUT2D eigenvalue weighted by Gasteiger charge is -2.18. The largest absolute Gasteiger partial charge is 0.338 e. The van der Waals surface area contributed by atoms with Gasteiger partial charge in [0, 0.05) is 19.6 Å². The molecule has 0 heterocycles. The number of amides is 2. The van der Waals surface area contributed by atoms with Crippen molar-refractivity contribution < 1.29 is 4.79 Å². The number of rotatable bonds is 7. The summed E-state index contributed by atoms with van der Waals surface area (Å²) in [6.07, 6.45) is 5.21. The summed E-state index contributed by atoms with van der Waals surface area (Å²) in [5, 5.41) is 5.88. The van der Waals surface area contributed by atoms with Crippen molar-refractivity contribution in [3.8, 4) is 0 Å². The zero-order valence-corrected chi connectivity index (χ0v) is 11.3. The third-order valence-electron chi connectivity index (χ3n) is 3.63. The van der Waals surface area contributed by atoms with Crippen LogP contribution in [-0.2, 0) is 0 Å². The summed E-state index contributed by atoms with van der Waals surface area (Å²) in [5.74, 6) is 0.712. The number of urea groups is 1. The zero-order valence-electron chi connectivity index (χ0n) is 11.3. The Balaban J connectivity index is 2.00. The highest BCUT2D eigenvalue weighted by Crippen LogP contribution is 2.23. The van der Waals surface area contributed by atoms with Crippen molar-refractivity contribution >= 4 is 6.03 Å². The van der Waals surface area contributed by atoms with Crippen LogP contribution in [0, 0.1) is 5.92 Å². The maximum absolute atomic E-state index is 11.5. The van der Waals surface area contributed by atoms with Gasteiger partial charge in [0.2, 0.25) is 0 Å². The summed E-state index contributed by atoms with van der Waals surface area (Å²) in [6, 6.07) is -0.0101. The highest BCUT2D eigenvalue weighted by molar-refractivity contribution is 5.73. The molecule has 1 aliphatic carbocycles. The van der Waals surface area contributed by atoms with Gasteiger partial charge in [-0.25, -0.2) is 4.79 Å². The Morgan fingerprint density at radius 1 is 1.18 bits per heavy atom. The van der Waals surface area contributed by atoms with Crippen molar-refractivity contribution in [1.29, 1.82) is 0 Å². The molecule has 0 aliphatic heterocycles. The molecule has 0 unspecified atom stereocenters. The topological polar surface area (TPSA) is 44.4 Å². The second kappa shape index (κ2) is 8.34. The van der Waals surface area contributed by atoms with Gasteiger partial charge in [0.15, 0.2) is 0 Å². The van der Waals surface area contributed by atoms with Gasteiger partial charge in [-0.3, -0.25) is 0 Å². The van der Waals surface area contributed by atoms with Crippen LogP contribution in [-0.4, -0.2) is 43.7 Å². The first-order chi connectivity index (χ1) is 8.26. The molecule has 1 aliphatic rings. The number of carbonyl (C=O) groups excluding carboxylic acids is 1. The third kappa shape index (κ3) is 5.91. The molecule has 0 spiro atoms. The Labute approximate surface area is 105 Å². The Bertz CT molecular complexity index is 211. The van der Waals surface area contributed by atoms with Crippen molar-refractivity contribution in [3.63, 3.8) is 0 Å².